The summed E-state index contributed by atoms with van der Waals surface area (Å²) in [6.07, 6.45) is 2.15. The lowest BCUT2D eigenvalue weighted by Crippen LogP contribution is -2.18. The highest BCUT2D eigenvalue weighted by Gasteiger charge is 1.97. The first kappa shape index (κ1) is 9.41. The van der Waals surface area contributed by atoms with Crippen molar-refractivity contribution in [2.24, 2.45) is 0 Å². The fourth-order valence-corrected chi connectivity index (χ4v) is 0.924. The van der Waals surface area contributed by atoms with Gasteiger partial charge in [-0.2, -0.15) is 4.98 Å². The monoisotopic (exact) mass is 231 g/mol. The number of nitrogens with zero attached hydrogens (tertiary/aromatic N) is 2. The molecule has 0 atom stereocenters. The van der Waals surface area contributed by atoms with E-state index in [0.29, 0.717) is 5.89 Å². The van der Waals surface area contributed by atoms with Gasteiger partial charge in [0, 0.05) is 24.0 Å². The molecule has 1 heterocycles. The Morgan fingerprint density at radius 2 is 2.58 bits per heavy atom. The molecule has 0 aromatic carbocycles. The lowest BCUT2D eigenvalue weighted by molar-refractivity contribution is 0.375. The van der Waals surface area contributed by atoms with Crippen LogP contribution in [0.1, 0.15) is 5.89 Å². The third-order valence-electron chi connectivity index (χ3n) is 1.24. The number of aromatic nitrogens is 2. The van der Waals surface area contributed by atoms with Gasteiger partial charge in [-0.05, 0) is 0 Å². The van der Waals surface area contributed by atoms with Crippen LogP contribution < -0.4 is 5.32 Å². The highest BCUT2D eigenvalue weighted by atomic mass is 79.9. The van der Waals surface area contributed by atoms with Gasteiger partial charge >= 0.3 is 0 Å². The average Bonchev–Trinajstić information content (AvgIpc) is 2.49. The molecule has 0 aliphatic carbocycles. The van der Waals surface area contributed by atoms with E-state index in [9.17, 15) is 0 Å². The minimum atomic E-state index is 0.655. The summed E-state index contributed by atoms with van der Waals surface area (Å²) >= 11 is 3.24. The molecule has 0 radical (unpaired) electrons. The van der Waals surface area contributed by atoms with Crippen molar-refractivity contribution in [3.05, 3.63) is 23.3 Å². The summed E-state index contributed by atoms with van der Waals surface area (Å²) in [6.45, 7) is 5.26. The summed E-state index contributed by atoms with van der Waals surface area (Å²) in [5, 5.41) is 6.64. The summed E-state index contributed by atoms with van der Waals surface area (Å²) in [4.78, 5) is 3.88. The van der Waals surface area contributed by atoms with Gasteiger partial charge in [-0.25, -0.2) is 0 Å². The van der Waals surface area contributed by atoms with Crippen LogP contribution in [0.15, 0.2) is 21.9 Å². The molecule has 12 heavy (non-hydrogen) atoms. The second-order valence-electron chi connectivity index (χ2n) is 2.28. The number of hydrogen-bond donors (Lipinski definition) is 1. The molecule has 1 aromatic heterocycles. The molecular formula is C7H10BrN3O. The Balaban J connectivity index is 2.07. The highest BCUT2D eigenvalue weighted by molar-refractivity contribution is 9.11. The second-order valence-corrected chi connectivity index (χ2v) is 3.40. The molecule has 0 unspecified atom stereocenters. The molecule has 0 amide bonds. The molecule has 0 aliphatic heterocycles. The van der Waals surface area contributed by atoms with E-state index in [1.54, 1.807) is 0 Å². The molecule has 1 rings (SSSR count). The molecule has 0 spiro atoms. The van der Waals surface area contributed by atoms with Gasteiger partial charge in [-0.1, -0.05) is 27.7 Å². The van der Waals surface area contributed by atoms with Crippen LogP contribution in [0, 0.1) is 0 Å². The zero-order valence-electron chi connectivity index (χ0n) is 6.59. The van der Waals surface area contributed by atoms with Crippen molar-refractivity contribution in [2.75, 3.05) is 13.1 Å². The quantitative estimate of drug-likeness (QED) is 0.772. The zero-order valence-corrected chi connectivity index (χ0v) is 8.17. The highest BCUT2D eigenvalue weighted by Crippen LogP contribution is 1.97. The summed E-state index contributed by atoms with van der Waals surface area (Å²) in [5.74, 6) is 0.655. The molecule has 1 aromatic rings. The third-order valence-corrected chi connectivity index (χ3v) is 1.52. The van der Waals surface area contributed by atoms with E-state index >= 15 is 0 Å². The smallest absolute Gasteiger partial charge is 0.227 e. The molecule has 1 N–H and O–H groups in total. The fourth-order valence-electron chi connectivity index (χ4n) is 0.725. The third kappa shape index (κ3) is 3.64. The van der Waals surface area contributed by atoms with Gasteiger partial charge in [0.1, 0.15) is 0 Å². The van der Waals surface area contributed by atoms with Crippen LogP contribution >= 0.6 is 15.9 Å². The van der Waals surface area contributed by atoms with Crippen molar-refractivity contribution in [3.8, 4) is 0 Å². The number of rotatable bonds is 5. The van der Waals surface area contributed by atoms with E-state index in [1.807, 2.05) is 0 Å². The maximum atomic E-state index is 4.81. The minimum Gasteiger partial charge on any atom is -0.340 e. The van der Waals surface area contributed by atoms with E-state index in [0.717, 1.165) is 24.0 Å². The lowest BCUT2D eigenvalue weighted by atomic mass is 10.4. The molecule has 0 saturated heterocycles. The van der Waals surface area contributed by atoms with Gasteiger partial charge in [-0.15, -0.1) is 0 Å². The summed E-state index contributed by atoms with van der Waals surface area (Å²) < 4.78 is 5.74. The van der Waals surface area contributed by atoms with Crippen molar-refractivity contribution in [1.82, 2.24) is 15.5 Å². The van der Waals surface area contributed by atoms with Crippen LogP contribution in [0.4, 0.5) is 0 Å². The van der Waals surface area contributed by atoms with E-state index in [2.05, 4.69) is 38.0 Å². The Morgan fingerprint density at radius 1 is 1.75 bits per heavy atom. The number of halogens is 1. The van der Waals surface area contributed by atoms with Crippen LogP contribution in [-0.4, -0.2) is 23.2 Å². The van der Waals surface area contributed by atoms with Crippen LogP contribution in [0.2, 0.25) is 0 Å². The summed E-state index contributed by atoms with van der Waals surface area (Å²) in [7, 11) is 0. The van der Waals surface area contributed by atoms with Gasteiger partial charge in [0.25, 0.3) is 0 Å². The first-order chi connectivity index (χ1) is 5.79. The van der Waals surface area contributed by atoms with Gasteiger partial charge in [0.15, 0.2) is 6.33 Å². The SMILES string of the molecule is C=C(Br)CNCCc1ncno1. The predicted octanol–water partition coefficient (Wildman–Crippen LogP) is 1.11. The van der Waals surface area contributed by atoms with E-state index in [1.165, 1.54) is 6.33 Å². The zero-order chi connectivity index (χ0) is 8.81. The molecule has 0 aliphatic rings. The van der Waals surface area contributed by atoms with E-state index < -0.39 is 0 Å². The van der Waals surface area contributed by atoms with Crippen LogP contribution in [0.25, 0.3) is 0 Å². The Bertz CT molecular complexity index is 235. The van der Waals surface area contributed by atoms with Crippen LogP contribution in [0.5, 0.6) is 0 Å². The van der Waals surface area contributed by atoms with E-state index in [-0.39, 0.29) is 0 Å². The molecular weight excluding hydrogens is 222 g/mol. The Morgan fingerprint density at radius 3 is 3.17 bits per heavy atom. The molecule has 5 heteroatoms. The maximum absolute atomic E-state index is 4.81. The summed E-state index contributed by atoms with van der Waals surface area (Å²) in [6, 6.07) is 0. The van der Waals surface area contributed by atoms with Crippen molar-refractivity contribution in [2.45, 2.75) is 6.42 Å². The van der Waals surface area contributed by atoms with E-state index in [4.69, 9.17) is 4.52 Å². The topological polar surface area (TPSA) is 51.0 Å². The fraction of sp³-hybridized carbons (Fsp3) is 0.429. The van der Waals surface area contributed by atoms with Crippen molar-refractivity contribution in [1.29, 1.82) is 0 Å². The van der Waals surface area contributed by atoms with Crippen molar-refractivity contribution >= 4 is 15.9 Å². The molecule has 0 saturated carbocycles. The Hall–Kier alpha value is -0.680. The van der Waals surface area contributed by atoms with Crippen LogP contribution in [-0.2, 0) is 6.42 Å². The molecule has 0 fully saturated rings. The van der Waals surface area contributed by atoms with Gasteiger partial charge < -0.3 is 9.84 Å². The Labute approximate surface area is 79.2 Å². The number of nitrogens with one attached hydrogen (secondary N) is 1. The average molecular weight is 232 g/mol. The molecule has 0 bridgehead atoms. The lowest BCUT2D eigenvalue weighted by Gasteiger charge is -1.99. The van der Waals surface area contributed by atoms with Crippen LogP contribution in [0.3, 0.4) is 0 Å². The first-order valence-corrected chi connectivity index (χ1v) is 4.38. The Kier molecular flexibility index (Phi) is 3.96. The van der Waals surface area contributed by atoms with Gasteiger partial charge in [-0.3, -0.25) is 0 Å². The minimum absolute atomic E-state index is 0.655. The second kappa shape index (κ2) is 5.05. The largest absolute Gasteiger partial charge is 0.340 e. The first-order valence-electron chi connectivity index (χ1n) is 3.58. The maximum Gasteiger partial charge on any atom is 0.227 e. The predicted molar refractivity (Wildman–Crippen MR) is 48.9 cm³/mol. The van der Waals surface area contributed by atoms with Gasteiger partial charge in [0.2, 0.25) is 5.89 Å². The van der Waals surface area contributed by atoms with Gasteiger partial charge in [0.05, 0.1) is 0 Å². The van der Waals surface area contributed by atoms with Crippen molar-refractivity contribution in [3.63, 3.8) is 0 Å². The molecule has 4 nitrogen and oxygen atoms in total. The van der Waals surface area contributed by atoms with Crippen molar-refractivity contribution < 1.29 is 4.52 Å². The number of hydrogen-bond acceptors (Lipinski definition) is 4. The normalized spacial score (nSPS) is 10.1. The standard InChI is InChI=1S/C7H10BrN3O/c1-6(8)4-9-3-2-7-10-5-11-12-7/h5,9H,1-4H2. The molecule has 66 valence electrons. The summed E-state index contributed by atoms with van der Waals surface area (Å²) in [5.41, 5.74) is 0.